The lowest BCUT2D eigenvalue weighted by Crippen LogP contribution is -2.25. The largest absolute Gasteiger partial charge is 0.203 e. The maximum absolute atomic E-state index is 14.9. The minimum absolute atomic E-state index is 0.441. The Labute approximate surface area is 199 Å². The van der Waals surface area contributed by atoms with E-state index in [2.05, 4.69) is 19.6 Å². The van der Waals surface area contributed by atoms with Gasteiger partial charge in [-0.25, -0.2) is 8.78 Å². The van der Waals surface area contributed by atoms with Crippen LogP contribution in [-0.4, -0.2) is 0 Å². The summed E-state index contributed by atoms with van der Waals surface area (Å²) in [6.45, 7) is 5.98. The van der Waals surface area contributed by atoms with E-state index in [0.29, 0.717) is 29.7 Å². The minimum atomic E-state index is -0.685. The fraction of sp³-hybridized carbons (Fsp3) is 0.613. The quantitative estimate of drug-likeness (QED) is 0.262. The third-order valence-corrected chi connectivity index (χ3v) is 8.75. The molecule has 0 amide bonds. The van der Waals surface area contributed by atoms with Crippen LogP contribution in [-0.2, 0) is 6.42 Å². The number of hydrogen-bond acceptors (Lipinski definition) is 0. The van der Waals surface area contributed by atoms with Gasteiger partial charge in [-0.15, -0.1) is 6.58 Å². The summed E-state index contributed by atoms with van der Waals surface area (Å²) in [6, 6.07) is 7.90. The van der Waals surface area contributed by atoms with Gasteiger partial charge < -0.3 is 0 Å². The van der Waals surface area contributed by atoms with Gasteiger partial charge >= 0.3 is 0 Å². The van der Waals surface area contributed by atoms with Crippen LogP contribution in [0.3, 0.4) is 0 Å². The summed E-state index contributed by atoms with van der Waals surface area (Å²) in [5, 5.41) is 1.25. The molecule has 2 heteroatoms. The second-order valence-corrected chi connectivity index (χ2v) is 10.9. The first-order valence-electron chi connectivity index (χ1n) is 13.6. The molecule has 0 heterocycles. The summed E-state index contributed by atoms with van der Waals surface area (Å²) in [6.07, 6.45) is 19.2. The number of hydrogen-bond donors (Lipinski definition) is 0. The van der Waals surface area contributed by atoms with Gasteiger partial charge in [0, 0.05) is 5.39 Å². The Kier molecular flexibility index (Phi) is 8.61. The molecule has 2 aromatic rings. The summed E-state index contributed by atoms with van der Waals surface area (Å²) in [7, 11) is 0. The molecule has 2 aromatic carbocycles. The monoisotopic (exact) mass is 452 g/mol. The van der Waals surface area contributed by atoms with Crippen LogP contribution in [0.2, 0.25) is 0 Å². The van der Waals surface area contributed by atoms with E-state index < -0.39 is 11.6 Å². The fourth-order valence-electron chi connectivity index (χ4n) is 6.65. The van der Waals surface area contributed by atoms with E-state index in [4.69, 9.17) is 0 Å². The Morgan fingerprint density at radius 2 is 1.58 bits per heavy atom. The Morgan fingerprint density at radius 1 is 0.879 bits per heavy atom. The van der Waals surface area contributed by atoms with Crippen LogP contribution in [0.5, 0.6) is 0 Å². The molecule has 0 spiro atoms. The van der Waals surface area contributed by atoms with Crippen molar-refractivity contribution in [1.29, 1.82) is 0 Å². The Bertz CT molecular complexity index is 914. The van der Waals surface area contributed by atoms with E-state index >= 15 is 0 Å². The lowest BCUT2D eigenvalue weighted by molar-refractivity contribution is 0.155. The molecule has 2 saturated carbocycles. The van der Waals surface area contributed by atoms with Crippen molar-refractivity contribution < 1.29 is 8.78 Å². The number of halogens is 2. The molecule has 0 N–H and O–H groups in total. The molecule has 180 valence electrons. The third kappa shape index (κ3) is 5.87. The highest BCUT2D eigenvalue weighted by Crippen LogP contribution is 2.45. The highest BCUT2D eigenvalue weighted by molar-refractivity contribution is 5.85. The van der Waals surface area contributed by atoms with Gasteiger partial charge in [0.15, 0.2) is 11.6 Å². The van der Waals surface area contributed by atoms with Crippen LogP contribution in [0.15, 0.2) is 36.9 Å². The van der Waals surface area contributed by atoms with Crippen molar-refractivity contribution in [3.8, 4) is 0 Å². The number of benzene rings is 2. The van der Waals surface area contributed by atoms with Crippen LogP contribution in [0.1, 0.15) is 107 Å². The first kappa shape index (κ1) is 24.4. The fourth-order valence-corrected chi connectivity index (χ4v) is 6.65. The van der Waals surface area contributed by atoms with E-state index in [-0.39, 0.29) is 0 Å². The van der Waals surface area contributed by atoms with Crippen molar-refractivity contribution in [3.63, 3.8) is 0 Å². The Balaban J connectivity index is 1.34. The van der Waals surface area contributed by atoms with Crippen molar-refractivity contribution in [3.05, 3.63) is 59.7 Å². The average Bonchev–Trinajstić information content (AvgIpc) is 2.86. The smallest absolute Gasteiger partial charge is 0.166 e. The summed E-state index contributed by atoms with van der Waals surface area (Å²) < 4.78 is 29.5. The molecule has 2 aliphatic carbocycles. The zero-order valence-electron chi connectivity index (χ0n) is 20.6. The van der Waals surface area contributed by atoms with E-state index in [0.717, 1.165) is 23.1 Å². The SMILES string of the molecule is C=CCCc1cc2ccc(C3CCC(C4CCC(CCCCC)CC4)CC3)cc2c(F)c1F. The lowest BCUT2D eigenvalue weighted by Gasteiger charge is -2.38. The zero-order valence-corrected chi connectivity index (χ0v) is 20.6. The van der Waals surface area contributed by atoms with Crippen LogP contribution < -0.4 is 0 Å². The molecule has 0 bridgehead atoms. The standard InChI is InChI=1S/C31H42F2/c1-3-5-7-8-22-10-12-23(13-11-22)24-14-16-25(17-15-24)26-18-19-27-20-28(9-6-4-2)30(32)31(33)29(27)21-26/h4,18-25H,2-3,5-17H2,1H3. The molecule has 0 atom stereocenters. The van der Waals surface area contributed by atoms with E-state index in [1.807, 2.05) is 18.2 Å². The predicted octanol–water partition coefficient (Wildman–Crippen LogP) is 9.90. The van der Waals surface area contributed by atoms with E-state index in [1.54, 1.807) is 6.08 Å². The van der Waals surface area contributed by atoms with Crippen LogP contribution in [0.25, 0.3) is 10.8 Å². The molecule has 2 fully saturated rings. The van der Waals surface area contributed by atoms with Gasteiger partial charge in [0.1, 0.15) is 0 Å². The zero-order chi connectivity index (χ0) is 23.2. The molecular formula is C31H42F2. The minimum Gasteiger partial charge on any atom is -0.203 e. The van der Waals surface area contributed by atoms with Crippen molar-refractivity contribution >= 4 is 10.8 Å². The van der Waals surface area contributed by atoms with Gasteiger partial charge in [0.2, 0.25) is 0 Å². The Morgan fingerprint density at radius 3 is 2.24 bits per heavy atom. The van der Waals surface area contributed by atoms with Crippen molar-refractivity contribution in [2.45, 2.75) is 103 Å². The van der Waals surface area contributed by atoms with E-state index in [9.17, 15) is 8.78 Å². The molecule has 0 unspecified atom stereocenters. The van der Waals surface area contributed by atoms with Gasteiger partial charge in [-0.05, 0) is 104 Å². The van der Waals surface area contributed by atoms with Gasteiger partial charge in [-0.3, -0.25) is 0 Å². The summed E-state index contributed by atoms with van der Waals surface area (Å²) in [5.41, 5.74) is 1.64. The predicted molar refractivity (Wildman–Crippen MR) is 137 cm³/mol. The normalized spacial score (nSPS) is 25.9. The molecule has 0 aliphatic heterocycles. The molecule has 4 rings (SSSR count). The van der Waals surface area contributed by atoms with Gasteiger partial charge in [0.05, 0.1) is 0 Å². The number of fused-ring (bicyclic) bond motifs is 1. The number of rotatable bonds is 9. The maximum Gasteiger partial charge on any atom is 0.166 e. The lowest BCUT2D eigenvalue weighted by atomic mass is 9.68. The van der Waals surface area contributed by atoms with Crippen molar-refractivity contribution in [1.82, 2.24) is 0 Å². The molecule has 33 heavy (non-hydrogen) atoms. The number of aryl methyl sites for hydroxylation is 1. The highest BCUT2D eigenvalue weighted by Gasteiger charge is 2.31. The summed E-state index contributed by atoms with van der Waals surface area (Å²) >= 11 is 0. The van der Waals surface area contributed by atoms with Gasteiger partial charge in [-0.1, -0.05) is 63.7 Å². The molecule has 0 nitrogen and oxygen atoms in total. The third-order valence-electron chi connectivity index (χ3n) is 8.75. The molecular weight excluding hydrogens is 410 g/mol. The maximum atomic E-state index is 14.9. The van der Waals surface area contributed by atoms with Crippen LogP contribution >= 0.6 is 0 Å². The van der Waals surface area contributed by atoms with Crippen LogP contribution in [0.4, 0.5) is 8.78 Å². The van der Waals surface area contributed by atoms with E-state index in [1.165, 1.54) is 82.6 Å². The second-order valence-electron chi connectivity index (χ2n) is 10.9. The molecule has 0 saturated heterocycles. The first-order valence-corrected chi connectivity index (χ1v) is 13.6. The average molecular weight is 453 g/mol. The summed E-state index contributed by atoms with van der Waals surface area (Å²) in [4.78, 5) is 0. The first-order chi connectivity index (χ1) is 16.1. The topological polar surface area (TPSA) is 0 Å². The molecule has 0 radical (unpaired) electrons. The molecule has 2 aliphatic rings. The number of allylic oxidation sites excluding steroid dienone is 1. The Hall–Kier alpha value is -1.70. The highest BCUT2D eigenvalue weighted by atomic mass is 19.2. The van der Waals surface area contributed by atoms with Crippen LogP contribution in [0, 0.1) is 29.4 Å². The van der Waals surface area contributed by atoms with Crippen molar-refractivity contribution in [2.75, 3.05) is 0 Å². The molecule has 0 aromatic heterocycles. The number of unbranched alkanes of at least 4 members (excludes halogenated alkanes) is 2. The summed E-state index contributed by atoms with van der Waals surface area (Å²) in [5.74, 6) is 1.90. The van der Waals surface area contributed by atoms with Crippen molar-refractivity contribution in [2.24, 2.45) is 17.8 Å². The second kappa shape index (κ2) is 11.6. The van der Waals surface area contributed by atoms with Gasteiger partial charge in [0.25, 0.3) is 0 Å². The van der Waals surface area contributed by atoms with Gasteiger partial charge in [-0.2, -0.15) is 0 Å².